The van der Waals surface area contributed by atoms with Crippen LogP contribution in [-0.2, 0) is 19.5 Å². The number of furan rings is 1. The van der Waals surface area contributed by atoms with E-state index in [9.17, 15) is 9.59 Å². The van der Waals surface area contributed by atoms with Gasteiger partial charge in [-0.2, -0.15) is 0 Å². The summed E-state index contributed by atoms with van der Waals surface area (Å²) in [5.74, 6) is 0.678. The van der Waals surface area contributed by atoms with Crippen LogP contribution in [0.4, 0.5) is 10.5 Å². The fourth-order valence-electron chi connectivity index (χ4n) is 3.47. The van der Waals surface area contributed by atoms with E-state index in [1.165, 1.54) is 11.1 Å². The summed E-state index contributed by atoms with van der Waals surface area (Å²) < 4.78 is 5.31. The van der Waals surface area contributed by atoms with E-state index in [-0.39, 0.29) is 18.0 Å². The van der Waals surface area contributed by atoms with Crippen molar-refractivity contribution < 1.29 is 14.0 Å². The number of nitrogens with one attached hydrogen (secondary N) is 2. The lowest BCUT2D eigenvalue weighted by molar-refractivity contribution is 0.0939. The van der Waals surface area contributed by atoms with Gasteiger partial charge in [-0.05, 0) is 54.4 Å². The van der Waals surface area contributed by atoms with Crippen LogP contribution in [0.25, 0.3) is 0 Å². The van der Waals surface area contributed by atoms with E-state index in [4.69, 9.17) is 4.42 Å². The maximum Gasteiger partial charge on any atom is 0.322 e. The Hall–Kier alpha value is -3.54. The largest absolute Gasteiger partial charge is 0.469 e. The van der Waals surface area contributed by atoms with Crippen LogP contribution in [0.3, 0.4) is 0 Å². The Kier molecular flexibility index (Phi) is 5.33. The van der Waals surface area contributed by atoms with E-state index in [1.54, 1.807) is 35.4 Å². The number of anilines is 1. The van der Waals surface area contributed by atoms with Crippen LogP contribution >= 0.6 is 0 Å². The van der Waals surface area contributed by atoms with Crippen molar-refractivity contribution in [2.45, 2.75) is 32.5 Å². The second-order valence-electron chi connectivity index (χ2n) is 7.29. The van der Waals surface area contributed by atoms with Gasteiger partial charge in [0.25, 0.3) is 5.91 Å². The fraction of sp³-hybridized carbons (Fsp3) is 0.217. The first-order valence-corrected chi connectivity index (χ1v) is 9.64. The summed E-state index contributed by atoms with van der Waals surface area (Å²) >= 11 is 0. The molecule has 6 nitrogen and oxygen atoms in total. The first kappa shape index (κ1) is 18.8. The van der Waals surface area contributed by atoms with Crippen molar-refractivity contribution >= 4 is 17.6 Å². The van der Waals surface area contributed by atoms with E-state index in [1.807, 2.05) is 43.3 Å². The van der Waals surface area contributed by atoms with E-state index < -0.39 is 0 Å². The second-order valence-corrected chi connectivity index (χ2v) is 7.29. The maximum atomic E-state index is 12.5. The summed E-state index contributed by atoms with van der Waals surface area (Å²) in [7, 11) is 0. The third kappa shape index (κ3) is 4.48. The molecule has 0 spiro atoms. The Morgan fingerprint density at radius 2 is 1.69 bits per heavy atom. The lowest BCUT2D eigenvalue weighted by Gasteiger charge is -2.17. The molecule has 0 aliphatic carbocycles. The van der Waals surface area contributed by atoms with Crippen molar-refractivity contribution in [3.05, 3.63) is 89.4 Å². The molecule has 1 unspecified atom stereocenters. The Morgan fingerprint density at radius 3 is 2.31 bits per heavy atom. The molecular formula is C23H23N3O3. The molecule has 2 N–H and O–H groups in total. The number of rotatable bonds is 5. The number of hydrogen-bond acceptors (Lipinski definition) is 3. The molecule has 1 aliphatic rings. The van der Waals surface area contributed by atoms with Gasteiger partial charge in [-0.15, -0.1) is 0 Å². The van der Waals surface area contributed by atoms with Crippen molar-refractivity contribution in [3.8, 4) is 0 Å². The van der Waals surface area contributed by atoms with Gasteiger partial charge in [0, 0.05) is 36.8 Å². The number of benzene rings is 2. The van der Waals surface area contributed by atoms with Crippen LogP contribution in [0.5, 0.6) is 0 Å². The summed E-state index contributed by atoms with van der Waals surface area (Å²) in [5.41, 5.74) is 3.56. The third-order valence-electron chi connectivity index (χ3n) is 4.99. The van der Waals surface area contributed by atoms with Crippen LogP contribution in [0.15, 0.2) is 71.3 Å². The molecule has 3 amide bonds. The molecule has 0 fully saturated rings. The quantitative estimate of drug-likeness (QED) is 0.687. The van der Waals surface area contributed by atoms with Crippen LogP contribution in [-0.4, -0.2) is 22.9 Å². The molecule has 29 heavy (non-hydrogen) atoms. The van der Waals surface area contributed by atoms with E-state index in [0.29, 0.717) is 30.8 Å². The molecule has 0 saturated carbocycles. The summed E-state index contributed by atoms with van der Waals surface area (Å²) in [6.45, 7) is 3.15. The normalized spacial score (nSPS) is 13.6. The van der Waals surface area contributed by atoms with Crippen molar-refractivity contribution in [3.63, 3.8) is 0 Å². The Balaban J connectivity index is 1.31. The molecule has 1 atom stereocenters. The Bertz CT molecular complexity index is 971. The van der Waals surface area contributed by atoms with Crippen molar-refractivity contribution in [1.82, 2.24) is 10.2 Å². The minimum Gasteiger partial charge on any atom is -0.469 e. The van der Waals surface area contributed by atoms with Crippen LogP contribution in [0, 0.1) is 0 Å². The number of hydrogen-bond donors (Lipinski definition) is 2. The van der Waals surface area contributed by atoms with Gasteiger partial charge in [-0.3, -0.25) is 4.79 Å². The van der Waals surface area contributed by atoms with Gasteiger partial charge in [0.2, 0.25) is 0 Å². The van der Waals surface area contributed by atoms with Crippen molar-refractivity contribution in [2.24, 2.45) is 0 Å². The number of carbonyl (C=O) groups excluding carboxylic acids is 2. The highest BCUT2D eigenvalue weighted by Gasteiger charge is 2.22. The Labute approximate surface area is 169 Å². The predicted molar refractivity (Wildman–Crippen MR) is 110 cm³/mol. The lowest BCUT2D eigenvalue weighted by Crippen LogP contribution is -2.34. The smallest absolute Gasteiger partial charge is 0.322 e. The molecule has 148 valence electrons. The number of carbonyl (C=O) groups is 2. The number of amides is 3. The monoisotopic (exact) mass is 389 g/mol. The molecule has 6 heteroatoms. The summed E-state index contributed by atoms with van der Waals surface area (Å²) in [5, 5.41) is 5.85. The van der Waals surface area contributed by atoms with Gasteiger partial charge in [-0.25, -0.2) is 4.79 Å². The summed E-state index contributed by atoms with van der Waals surface area (Å²) in [6.07, 6.45) is 2.25. The molecule has 3 aromatic rings. The standard InChI is InChI=1S/C23H23N3O3/c1-16(13-21-7-4-12-29-21)24-22(27)17-8-10-20(11-9-17)25-23(28)26-14-18-5-2-3-6-19(18)15-26/h2-12,16H,13-15H2,1H3,(H,24,27)(H,25,28). The van der Waals surface area contributed by atoms with Crippen molar-refractivity contribution in [1.29, 1.82) is 0 Å². The highest BCUT2D eigenvalue weighted by Crippen LogP contribution is 2.23. The zero-order valence-corrected chi connectivity index (χ0v) is 16.2. The van der Waals surface area contributed by atoms with Crippen LogP contribution in [0.1, 0.15) is 34.2 Å². The minimum atomic E-state index is -0.156. The van der Waals surface area contributed by atoms with Gasteiger partial charge in [-0.1, -0.05) is 24.3 Å². The van der Waals surface area contributed by atoms with Gasteiger partial charge < -0.3 is 20.0 Å². The zero-order chi connectivity index (χ0) is 20.2. The van der Waals surface area contributed by atoms with Crippen molar-refractivity contribution in [2.75, 3.05) is 5.32 Å². The molecule has 0 saturated heterocycles. The average Bonchev–Trinajstić information content (AvgIpc) is 3.37. The van der Waals surface area contributed by atoms with E-state index in [2.05, 4.69) is 10.6 Å². The fourth-order valence-corrected chi connectivity index (χ4v) is 3.47. The van der Waals surface area contributed by atoms with Gasteiger partial charge in [0.1, 0.15) is 5.76 Å². The van der Waals surface area contributed by atoms with Crippen LogP contribution in [0.2, 0.25) is 0 Å². The van der Waals surface area contributed by atoms with Gasteiger partial charge in [0.15, 0.2) is 0 Å². The molecular weight excluding hydrogens is 366 g/mol. The summed E-state index contributed by atoms with van der Waals surface area (Å²) in [6, 6.07) is 18.5. The highest BCUT2D eigenvalue weighted by atomic mass is 16.3. The maximum absolute atomic E-state index is 12.5. The topological polar surface area (TPSA) is 74.6 Å². The summed E-state index contributed by atoms with van der Waals surface area (Å²) in [4.78, 5) is 26.7. The first-order chi connectivity index (χ1) is 14.1. The van der Waals surface area contributed by atoms with Gasteiger partial charge in [0.05, 0.1) is 6.26 Å². The molecule has 0 bridgehead atoms. The van der Waals surface area contributed by atoms with E-state index in [0.717, 1.165) is 5.76 Å². The number of urea groups is 1. The average molecular weight is 389 g/mol. The molecule has 0 radical (unpaired) electrons. The Morgan fingerprint density at radius 1 is 1.00 bits per heavy atom. The predicted octanol–water partition coefficient (Wildman–Crippen LogP) is 4.19. The van der Waals surface area contributed by atoms with Crippen LogP contribution < -0.4 is 10.6 Å². The molecule has 2 heterocycles. The zero-order valence-electron chi connectivity index (χ0n) is 16.2. The second kappa shape index (κ2) is 8.22. The SMILES string of the molecule is CC(Cc1ccco1)NC(=O)c1ccc(NC(=O)N2Cc3ccccc3C2)cc1. The lowest BCUT2D eigenvalue weighted by atomic mass is 10.1. The van der Waals surface area contributed by atoms with Gasteiger partial charge >= 0.3 is 6.03 Å². The number of nitrogens with zero attached hydrogens (tertiary/aromatic N) is 1. The molecule has 1 aliphatic heterocycles. The number of fused-ring (bicyclic) bond motifs is 1. The first-order valence-electron chi connectivity index (χ1n) is 9.64. The molecule has 4 rings (SSSR count). The highest BCUT2D eigenvalue weighted by molar-refractivity contribution is 5.95. The molecule has 2 aromatic carbocycles. The molecule has 1 aromatic heterocycles. The van der Waals surface area contributed by atoms with E-state index >= 15 is 0 Å². The minimum absolute atomic E-state index is 0.0511. The third-order valence-corrected chi connectivity index (χ3v) is 4.99.